The second-order valence-electron chi connectivity index (χ2n) is 8.94. The highest BCUT2D eigenvalue weighted by Gasteiger charge is 2.34. The Bertz CT molecular complexity index is 1270. The normalized spacial score (nSPS) is 19.8. The van der Waals surface area contributed by atoms with Crippen molar-refractivity contribution in [3.05, 3.63) is 71.9 Å². The van der Waals surface area contributed by atoms with E-state index < -0.39 is 0 Å². The predicted octanol–water partition coefficient (Wildman–Crippen LogP) is 3.26. The van der Waals surface area contributed by atoms with Crippen molar-refractivity contribution in [3.63, 3.8) is 0 Å². The molecule has 1 aromatic heterocycles. The molecular formula is C28H32N6O2. The van der Waals surface area contributed by atoms with Gasteiger partial charge in [0.25, 0.3) is 11.8 Å². The summed E-state index contributed by atoms with van der Waals surface area (Å²) >= 11 is 0. The fraction of sp³-hybridized carbons (Fsp3) is 0.321. The van der Waals surface area contributed by atoms with Crippen molar-refractivity contribution >= 4 is 18.0 Å². The van der Waals surface area contributed by atoms with E-state index in [9.17, 15) is 9.59 Å². The Morgan fingerprint density at radius 3 is 2.67 bits per heavy atom. The quantitative estimate of drug-likeness (QED) is 0.544. The molecule has 8 nitrogen and oxygen atoms in total. The average Bonchev–Trinajstić information content (AvgIpc) is 3.50. The van der Waals surface area contributed by atoms with E-state index in [1.165, 1.54) is 6.20 Å². The lowest BCUT2D eigenvalue weighted by Gasteiger charge is -2.22. The van der Waals surface area contributed by atoms with Crippen molar-refractivity contribution in [1.82, 2.24) is 19.8 Å². The van der Waals surface area contributed by atoms with Gasteiger partial charge < -0.3 is 26.3 Å². The molecule has 0 radical (unpaired) electrons. The zero-order valence-corrected chi connectivity index (χ0v) is 20.6. The molecule has 4 rings (SSSR count). The van der Waals surface area contributed by atoms with Crippen LogP contribution in [0, 0.1) is 11.8 Å². The van der Waals surface area contributed by atoms with Gasteiger partial charge in [0, 0.05) is 36.1 Å². The first-order chi connectivity index (χ1) is 17.4. The minimum Gasteiger partial charge on any atom is -0.403 e. The zero-order valence-electron chi connectivity index (χ0n) is 20.6. The number of hydrogen-bond acceptors (Lipinski definition) is 5. The number of nitrogens with zero attached hydrogens (tertiary/aromatic N) is 3. The molecule has 2 aliphatic rings. The average molecular weight is 485 g/mol. The Morgan fingerprint density at radius 1 is 1.25 bits per heavy atom. The number of hydrogen-bond donors (Lipinski definition) is 3. The summed E-state index contributed by atoms with van der Waals surface area (Å²) in [7, 11) is 0. The molecule has 2 aromatic rings. The number of allylic oxidation sites excluding steroid dienone is 2. The van der Waals surface area contributed by atoms with Crippen molar-refractivity contribution in [1.29, 1.82) is 0 Å². The Labute approximate surface area is 211 Å². The third kappa shape index (κ3) is 5.11. The number of amides is 2. The van der Waals surface area contributed by atoms with Gasteiger partial charge in [-0.25, -0.2) is 4.98 Å². The first-order valence-electron chi connectivity index (χ1n) is 12.2. The fourth-order valence-corrected chi connectivity index (χ4v) is 4.76. The summed E-state index contributed by atoms with van der Waals surface area (Å²) < 4.78 is 1.89. The molecule has 36 heavy (non-hydrogen) atoms. The summed E-state index contributed by atoms with van der Waals surface area (Å²) in [6.45, 7) is 4.16. The van der Waals surface area contributed by atoms with E-state index in [0.717, 1.165) is 30.5 Å². The van der Waals surface area contributed by atoms with Crippen LogP contribution in [0.1, 0.15) is 67.1 Å². The molecule has 1 saturated heterocycles. The molecule has 186 valence electrons. The summed E-state index contributed by atoms with van der Waals surface area (Å²) in [6, 6.07) is 6.73. The van der Waals surface area contributed by atoms with Crippen molar-refractivity contribution in [2.45, 2.75) is 51.2 Å². The number of carbonyl (C=O) groups excluding carboxylic acids is 2. The van der Waals surface area contributed by atoms with Gasteiger partial charge in [-0.05, 0) is 51.2 Å². The second kappa shape index (κ2) is 11.1. The van der Waals surface area contributed by atoms with E-state index >= 15 is 0 Å². The number of nitrogens with two attached hydrogens (primary N) is 2. The molecule has 0 spiro atoms. The monoisotopic (exact) mass is 484 g/mol. The van der Waals surface area contributed by atoms with Crippen LogP contribution in [0.5, 0.6) is 0 Å². The van der Waals surface area contributed by atoms with Crippen LogP contribution in [0.3, 0.4) is 0 Å². The molecule has 1 fully saturated rings. The van der Waals surface area contributed by atoms with E-state index in [1.54, 1.807) is 30.2 Å². The van der Waals surface area contributed by atoms with E-state index in [1.807, 2.05) is 47.9 Å². The van der Waals surface area contributed by atoms with Crippen LogP contribution in [0.25, 0.3) is 17.5 Å². The van der Waals surface area contributed by atoms with Gasteiger partial charge in [0.2, 0.25) is 0 Å². The third-order valence-electron chi connectivity index (χ3n) is 6.40. The van der Waals surface area contributed by atoms with Crippen molar-refractivity contribution in [3.8, 4) is 23.1 Å². The van der Waals surface area contributed by atoms with Gasteiger partial charge in [0.15, 0.2) is 0 Å². The lowest BCUT2D eigenvalue weighted by atomic mass is 10.0. The maximum Gasteiger partial charge on any atom is 0.299 e. The largest absolute Gasteiger partial charge is 0.403 e. The maximum absolute atomic E-state index is 12.7. The van der Waals surface area contributed by atoms with Crippen molar-refractivity contribution in [2.75, 3.05) is 6.54 Å². The van der Waals surface area contributed by atoms with Crippen LogP contribution < -0.4 is 16.8 Å². The molecule has 1 aliphatic carbocycles. The van der Waals surface area contributed by atoms with Crippen LogP contribution in [-0.2, 0) is 4.79 Å². The molecule has 3 atom stereocenters. The molecule has 5 N–H and O–H groups in total. The molecular weight excluding hydrogens is 452 g/mol. The second-order valence-corrected chi connectivity index (χ2v) is 8.94. The number of likely N-dealkylation sites (tertiary alicyclic amines) is 1. The topological polar surface area (TPSA) is 119 Å². The van der Waals surface area contributed by atoms with Gasteiger partial charge in [-0.2, -0.15) is 0 Å². The predicted molar refractivity (Wildman–Crippen MR) is 141 cm³/mol. The SMILES string of the molecule is CC#CC(=O)N1CCC[C@H]1c1nc(-c2ccc(C(=O)NC3C=CC=CC3)cc2)c(C(C)N)n1/C=C\N. The van der Waals surface area contributed by atoms with Crippen LogP contribution >= 0.6 is 0 Å². The Balaban J connectivity index is 1.69. The molecule has 2 heterocycles. The van der Waals surface area contributed by atoms with E-state index in [2.05, 4.69) is 17.2 Å². The zero-order chi connectivity index (χ0) is 25.7. The van der Waals surface area contributed by atoms with E-state index in [-0.39, 0.29) is 29.9 Å². The van der Waals surface area contributed by atoms with E-state index in [0.29, 0.717) is 23.6 Å². The number of nitrogens with one attached hydrogen (secondary N) is 1. The van der Waals surface area contributed by atoms with Gasteiger partial charge in [-0.15, -0.1) is 0 Å². The fourth-order valence-electron chi connectivity index (χ4n) is 4.76. The third-order valence-corrected chi connectivity index (χ3v) is 6.40. The lowest BCUT2D eigenvalue weighted by molar-refractivity contribution is -0.126. The molecule has 0 bridgehead atoms. The van der Waals surface area contributed by atoms with Gasteiger partial charge in [0.1, 0.15) is 5.82 Å². The Hall–Kier alpha value is -4.09. The first kappa shape index (κ1) is 25.0. The van der Waals surface area contributed by atoms with Crippen LogP contribution in [0.2, 0.25) is 0 Å². The molecule has 1 aliphatic heterocycles. The van der Waals surface area contributed by atoms with Crippen LogP contribution in [-0.4, -0.2) is 38.9 Å². The Kier molecular flexibility index (Phi) is 7.71. The molecule has 2 amide bonds. The van der Waals surface area contributed by atoms with Crippen LogP contribution in [0.4, 0.5) is 0 Å². The highest BCUT2D eigenvalue weighted by molar-refractivity contribution is 5.95. The standard InChI is InChI=1S/C28H32N6O2/c1-3-8-24(35)33-17-7-11-23(33)27-32-25(26(19(2)30)34(27)18-16-29)20-12-14-21(15-13-20)28(36)31-22-9-5-4-6-10-22/h4-6,9,12-16,18-19,22-23H,7,10-11,17,29-30H2,1-2H3,(H,31,36)/b18-16-/t19?,22?,23-/m0/s1. The van der Waals surface area contributed by atoms with Gasteiger partial charge in [-0.1, -0.05) is 42.4 Å². The summed E-state index contributed by atoms with van der Waals surface area (Å²) in [5, 5.41) is 3.03. The lowest BCUT2D eigenvalue weighted by Crippen LogP contribution is -2.33. The number of carbonyl (C=O) groups is 2. The molecule has 8 heteroatoms. The van der Waals surface area contributed by atoms with Crippen LogP contribution in [0.15, 0.2) is 54.8 Å². The number of aromatic nitrogens is 2. The number of rotatable bonds is 6. The van der Waals surface area contributed by atoms with E-state index in [4.69, 9.17) is 16.5 Å². The minimum atomic E-state index is -0.354. The van der Waals surface area contributed by atoms with Crippen molar-refractivity contribution < 1.29 is 9.59 Å². The molecule has 0 saturated carbocycles. The summed E-state index contributed by atoms with van der Waals surface area (Å²) in [6.07, 6.45) is 13.5. The highest BCUT2D eigenvalue weighted by atomic mass is 16.2. The maximum atomic E-state index is 12.7. The smallest absolute Gasteiger partial charge is 0.299 e. The highest BCUT2D eigenvalue weighted by Crippen LogP contribution is 2.37. The first-order valence-corrected chi connectivity index (χ1v) is 12.2. The minimum absolute atomic E-state index is 0.0114. The number of imidazole rings is 1. The van der Waals surface area contributed by atoms with Crippen molar-refractivity contribution in [2.24, 2.45) is 11.5 Å². The van der Waals surface area contributed by atoms with Gasteiger partial charge in [0.05, 0.1) is 23.5 Å². The molecule has 1 aromatic carbocycles. The Morgan fingerprint density at radius 2 is 2.03 bits per heavy atom. The molecule has 2 unspecified atom stereocenters. The van der Waals surface area contributed by atoms with Gasteiger partial charge >= 0.3 is 0 Å². The summed E-state index contributed by atoms with van der Waals surface area (Å²) in [4.78, 5) is 32.1. The number of benzene rings is 1. The summed E-state index contributed by atoms with van der Waals surface area (Å²) in [5.74, 6) is 5.69. The van der Waals surface area contributed by atoms with Gasteiger partial charge in [-0.3, -0.25) is 9.59 Å². The summed E-state index contributed by atoms with van der Waals surface area (Å²) in [5.41, 5.74) is 15.1.